The van der Waals surface area contributed by atoms with Gasteiger partial charge in [0.15, 0.2) is 0 Å². The van der Waals surface area contributed by atoms with Crippen LogP contribution in [0.25, 0.3) is 0 Å². The minimum Gasteiger partial charge on any atom is -0.366 e. The van der Waals surface area contributed by atoms with Crippen LogP contribution in [-0.2, 0) is 0 Å². The predicted octanol–water partition coefficient (Wildman–Crippen LogP) is 2.51. The number of carbonyl (C=O) groups excluding carboxylic acids is 1. The van der Waals surface area contributed by atoms with Crippen molar-refractivity contribution in [3.05, 3.63) is 35.4 Å². The number of benzene rings is 1. The van der Waals surface area contributed by atoms with Crippen LogP contribution in [0.2, 0.25) is 0 Å². The fraction of sp³-hybridized carbons (Fsp3) is 0.364. The third kappa shape index (κ3) is 5.01. The molecule has 0 fully saturated rings. The van der Waals surface area contributed by atoms with Crippen LogP contribution in [0.1, 0.15) is 36.2 Å². The summed E-state index contributed by atoms with van der Waals surface area (Å²) < 4.78 is 0. The number of hydrogen-bond acceptors (Lipinski definition) is 1. The van der Waals surface area contributed by atoms with E-state index in [9.17, 15) is 4.79 Å². The zero-order valence-electron chi connectivity index (χ0n) is 8.50. The topological polar surface area (TPSA) is 43.1 Å². The van der Waals surface area contributed by atoms with Crippen molar-refractivity contribution >= 4 is 5.91 Å². The van der Waals surface area contributed by atoms with Crippen molar-refractivity contribution in [2.75, 3.05) is 0 Å². The molecule has 2 nitrogen and oxygen atoms in total. The van der Waals surface area contributed by atoms with Crippen molar-refractivity contribution < 1.29 is 4.79 Å². The Morgan fingerprint density at radius 1 is 1.38 bits per heavy atom. The number of rotatable bonds is 1. The van der Waals surface area contributed by atoms with Crippen molar-refractivity contribution in [2.24, 2.45) is 5.73 Å². The van der Waals surface area contributed by atoms with Crippen LogP contribution in [0.15, 0.2) is 24.3 Å². The number of hydrogen-bond donors (Lipinski definition) is 1. The molecule has 0 unspecified atom stereocenters. The molecule has 1 rings (SSSR count). The van der Waals surface area contributed by atoms with E-state index in [1.165, 1.54) is 6.42 Å². The number of nitrogens with two attached hydrogens (primary N) is 1. The lowest BCUT2D eigenvalue weighted by molar-refractivity contribution is 0.1000. The summed E-state index contributed by atoms with van der Waals surface area (Å²) in [6.45, 7) is 6.17. The molecule has 72 valence electrons. The second-order valence-electron chi connectivity index (χ2n) is 2.94. The van der Waals surface area contributed by atoms with Crippen molar-refractivity contribution in [3.63, 3.8) is 0 Å². The second kappa shape index (κ2) is 6.23. The van der Waals surface area contributed by atoms with E-state index in [0.717, 1.165) is 5.56 Å². The van der Waals surface area contributed by atoms with Gasteiger partial charge < -0.3 is 5.73 Å². The van der Waals surface area contributed by atoms with Crippen molar-refractivity contribution in [1.29, 1.82) is 0 Å². The lowest BCUT2D eigenvalue weighted by Crippen LogP contribution is -2.10. The maximum atomic E-state index is 10.6. The fourth-order valence-corrected chi connectivity index (χ4v) is 0.798. The third-order valence-corrected chi connectivity index (χ3v) is 1.30. The zero-order chi connectivity index (χ0) is 10.3. The molecule has 0 saturated heterocycles. The van der Waals surface area contributed by atoms with Crippen molar-refractivity contribution in [3.8, 4) is 0 Å². The SMILES string of the molecule is CCC.Cc1cccc(C(N)=O)c1. The van der Waals surface area contributed by atoms with Gasteiger partial charge in [0, 0.05) is 5.56 Å². The first kappa shape index (κ1) is 11.7. The van der Waals surface area contributed by atoms with Crippen molar-refractivity contribution in [2.45, 2.75) is 27.2 Å². The van der Waals surface area contributed by atoms with Gasteiger partial charge in [-0.25, -0.2) is 0 Å². The molecule has 0 aliphatic rings. The molecular weight excluding hydrogens is 162 g/mol. The Balaban J connectivity index is 0.000000424. The minimum absolute atomic E-state index is 0.372. The average molecular weight is 179 g/mol. The number of carbonyl (C=O) groups is 1. The van der Waals surface area contributed by atoms with E-state index >= 15 is 0 Å². The summed E-state index contributed by atoms with van der Waals surface area (Å²) in [6, 6.07) is 7.21. The quantitative estimate of drug-likeness (QED) is 0.707. The monoisotopic (exact) mass is 179 g/mol. The normalized spacial score (nSPS) is 8.54. The first-order chi connectivity index (χ1) is 6.11. The predicted molar refractivity (Wildman–Crippen MR) is 55.7 cm³/mol. The molecule has 0 aromatic heterocycles. The van der Waals surface area contributed by atoms with Gasteiger partial charge in [0.2, 0.25) is 5.91 Å². The lowest BCUT2D eigenvalue weighted by Gasteiger charge is -1.94. The Morgan fingerprint density at radius 3 is 2.23 bits per heavy atom. The number of amides is 1. The fourth-order valence-electron chi connectivity index (χ4n) is 0.798. The highest BCUT2D eigenvalue weighted by atomic mass is 16.1. The van der Waals surface area contributed by atoms with Crippen LogP contribution < -0.4 is 5.73 Å². The number of aryl methyl sites for hydroxylation is 1. The first-order valence-electron chi connectivity index (χ1n) is 4.48. The highest BCUT2D eigenvalue weighted by Crippen LogP contribution is 2.01. The summed E-state index contributed by atoms with van der Waals surface area (Å²) in [5.41, 5.74) is 6.67. The Kier molecular flexibility index (Phi) is 5.60. The van der Waals surface area contributed by atoms with Crippen LogP contribution >= 0.6 is 0 Å². The smallest absolute Gasteiger partial charge is 0.248 e. The van der Waals surface area contributed by atoms with Gasteiger partial charge >= 0.3 is 0 Å². The van der Waals surface area contributed by atoms with Crippen LogP contribution in [0, 0.1) is 6.92 Å². The van der Waals surface area contributed by atoms with Gasteiger partial charge in [-0.1, -0.05) is 38.0 Å². The molecule has 0 aliphatic carbocycles. The summed E-state index contributed by atoms with van der Waals surface area (Å²) in [6.07, 6.45) is 1.25. The first-order valence-corrected chi connectivity index (χ1v) is 4.48. The Bertz CT molecular complexity index is 269. The van der Waals surface area contributed by atoms with Crippen LogP contribution in [-0.4, -0.2) is 5.91 Å². The molecule has 2 heteroatoms. The molecule has 2 N–H and O–H groups in total. The van der Waals surface area contributed by atoms with Gasteiger partial charge in [-0.05, 0) is 19.1 Å². The molecule has 1 aromatic rings. The molecule has 0 bridgehead atoms. The van der Waals surface area contributed by atoms with E-state index in [-0.39, 0.29) is 5.91 Å². The summed E-state index contributed by atoms with van der Waals surface area (Å²) >= 11 is 0. The van der Waals surface area contributed by atoms with Gasteiger partial charge in [-0.2, -0.15) is 0 Å². The zero-order valence-corrected chi connectivity index (χ0v) is 8.50. The molecule has 13 heavy (non-hydrogen) atoms. The molecule has 0 heterocycles. The highest BCUT2D eigenvalue weighted by Gasteiger charge is 1.96. The van der Waals surface area contributed by atoms with E-state index in [0.29, 0.717) is 5.56 Å². The molecular formula is C11H17NO. The van der Waals surface area contributed by atoms with E-state index in [1.54, 1.807) is 12.1 Å². The van der Waals surface area contributed by atoms with Gasteiger partial charge in [0.1, 0.15) is 0 Å². The Morgan fingerprint density at radius 2 is 1.92 bits per heavy atom. The van der Waals surface area contributed by atoms with E-state index < -0.39 is 0 Å². The van der Waals surface area contributed by atoms with E-state index in [4.69, 9.17) is 5.73 Å². The average Bonchev–Trinajstić information content (AvgIpc) is 2.05. The largest absolute Gasteiger partial charge is 0.366 e. The second-order valence-corrected chi connectivity index (χ2v) is 2.94. The summed E-state index contributed by atoms with van der Waals surface area (Å²) in [7, 11) is 0. The maximum Gasteiger partial charge on any atom is 0.248 e. The standard InChI is InChI=1S/C8H9NO.C3H8/c1-6-3-2-4-7(5-6)8(9)10;1-3-2/h2-5H,1H3,(H2,9,10);3H2,1-2H3. The third-order valence-electron chi connectivity index (χ3n) is 1.30. The molecule has 0 radical (unpaired) electrons. The summed E-state index contributed by atoms with van der Waals surface area (Å²) in [5.74, 6) is -0.372. The summed E-state index contributed by atoms with van der Waals surface area (Å²) in [4.78, 5) is 10.6. The molecule has 1 aromatic carbocycles. The van der Waals surface area contributed by atoms with Crippen molar-refractivity contribution in [1.82, 2.24) is 0 Å². The van der Waals surface area contributed by atoms with Crippen LogP contribution in [0.3, 0.4) is 0 Å². The Labute approximate surface area is 79.8 Å². The van der Waals surface area contributed by atoms with E-state index in [1.807, 2.05) is 19.1 Å². The van der Waals surface area contributed by atoms with Gasteiger partial charge in [0.05, 0.1) is 0 Å². The highest BCUT2D eigenvalue weighted by molar-refractivity contribution is 5.92. The molecule has 0 saturated carbocycles. The molecule has 1 amide bonds. The molecule has 0 atom stereocenters. The van der Waals surface area contributed by atoms with Crippen LogP contribution in [0.4, 0.5) is 0 Å². The van der Waals surface area contributed by atoms with Gasteiger partial charge in [0.25, 0.3) is 0 Å². The summed E-state index contributed by atoms with van der Waals surface area (Å²) in [5, 5.41) is 0. The maximum absolute atomic E-state index is 10.6. The lowest BCUT2D eigenvalue weighted by atomic mass is 10.1. The number of primary amides is 1. The molecule has 0 aliphatic heterocycles. The van der Waals surface area contributed by atoms with Gasteiger partial charge in [-0.15, -0.1) is 0 Å². The van der Waals surface area contributed by atoms with Crippen LogP contribution in [0.5, 0.6) is 0 Å². The minimum atomic E-state index is -0.372. The Hall–Kier alpha value is -1.31. The molecule has 0 spiro atoms. The van der Waals surface area contributed by atoms with Gasteiger partial charge in [-0.3, -0.25) is 4.79 Å². The van der Waals surface area contributed by atoms with E-state index in [2.05, 4.69) is 13.8 Å².